The van der Waals surface area contributed by atoms with Gasteiger partial charge in [0.1, 0.15) is 11.6 Å². The van der Waals surface area contributed by atoms with Crippen molar-refractivity contribution in [1.82, 2.24) is 5.32 Å². The fraction of sp³-hybridized carbons (Fsp3) is 0.353. The molecule has 6 heteroatoms. The first kappa shape index (κ1) is 15.3. The highest BCUT2D eigenvalue weighted by Crippen LogP contribution is 2.52. The second-order valence-corrected chi connectivity index (χ2v) is 7.98. The number of allylic oxidation sites excluding steroid dienone is 4. The second-order valence-electron chi connectivity index (χ2n) is 5.99. The molecule has 23 heavy (non-hydrogen) atoms. The molecule has 0 saturated heterocycles. The summed E-state index contributed by atoms with van der Waals surface area (Å²) in [7, 11) is 0. The lowest BCUT2D eigenvalue weighted by Crippen LogP contribution is -2.30. The second kappa shape index (κ2) is 5.67. The number of ketones is 1. The Labute approximate surface area is 146 Å². The molecule has 2 N–H and O–H groups in total. The van der Waals surface area contributed by atoms with Crippen LogP contribution >= 0.6 is 27.7 Å². The maximum Gasteiger partial charge on any atom is 0.161 e. The standard InChI is InChI=1S/C17H15BrFNO2S/c18-9-6-8(14(22)7-10(9)19)15-16-11(2-1-3-13(16)21)20-12-4-5-23-17(12)15/h6-7,15,20,22H,1-5H2. The highest BCUT2D eigenvalue weighted by Gasteiger charge is 2.39. The normalized spacial score (nSPS) is 23.7. The Kier molecular flexibility index (Phi) is 3.76. The molecule has 1 unspecified atom stereocenters. The molecule has 0 spiro atoms. The molecular formula is C17H15BrFNO2S. The summed E-state index contributed by atoms with van der Waals surface area (Å²) >= 11 is 4.91. The number of aromatic hydroxyl groups is 1. The van der Waals surface area contributed by atoms with E-state index in [0.717, 1.165) is 53.0 Å². The number of thioether (sulfide) groups is 1. The molecular weight excluding hydrogens is 381 g/mol. The van der Waals surface area contributed by atoms with Gasteiger partial charge in [-0.05, 0) is 41.3 Å². The molecule has 0 fully saturated rings. The summed E-state index contributed by atoms with van der Waals surface area (Å²) in [5.74, 6) is 0.215. The van der Waals surface area contributed by atoms with Crippen molar-refractivity contribution >= 4 is 33.5 Å². The molecule has 1 aromatic rings. The van der Waals surface area contributed by atoms with Crippen LogP contribution in [-0.4, -0.2) is 16.6 Å². The van der Waals surface area contributed by atoms with Crippen LogP contribution in [0.1, 0.15) is 37.2 Å². The Morgan fingerprint density at radius 2 is 2.09 bits per heavy atom. The number of phenolic OH excluding ortho intramolecular Hbond substituents is 1. The van der Waals surface area contributed by atoms with Gasteiger partial charge in [0.05, 0.1) is 10.4 Å². The van der Waals surface area contributed by atoms with Gasteiger partial charge in [0.2, 0.25) is 0 Å². The molecule has 4 rings (SSSR count). The van der Waals surface area contributed by atoms with E-state index in [4.69, 9.17) is 0 Å². The van der Waals surface area contributed by atoms with Crippen LogP contribution in [0.25, 0.3) is 0 Å². The van der Waals surface area contributed by atoms with E-state index in [2.05, 4.69) is 21.2 Å². The molecule has 1 aromatic carbocycles. The summed E-state index contributed by atoms with van der Waals surface area (Å²) in [5, 5.41) is 13.8. The lowest BCUT2D eigenvalue weighted by Gasteiger charge is -2.33. The minimum absolute atomic E-state index is 0.0952. The maximum absolute atomic E-state index is 13.7. The highest BCUT2D eigenvalue weighted by molar-refractivity contribution is 9.10. The van der Waals surface area contributed by atoms with E-state index in [-0.39, 0.29) is 17.5 Å². The van der Waals surface area contributed by atoms with Crippen molar-refractivity contribution in [2.75, 3.05) is 5.75 Å². The van der Waals surface area contributed by atoms with Gasteiger partial charge in [-0.15, -0.1) is 11.8 Å². The lowest BCUT2D eigenvalue weighted by atomic mass is 9.79. The van der Waals surface area contributed by atoms with Crippen LogP contribution in [0.2, 0.25) is 0 Å². The van der Waals surface area contributed by atoms with E-state index < -0.39 is 5.82 Å². The number of Topliss-reactive ketones (excluding diaryl/α,β-unsaturated/α-hetero) is 1. The van der Waals surface area contributed by atoms with Gasteiger partial charge in [-0.25, -0.2) is 4.39 Å². The number of phenols is 1. The van der Waals surface area contributed by atoms with Crippen molar-refractivity contribution in [3.63, 3.8) is 0 Å². The minimum atomic E-state index is -0.502. The summed E-state index contributed by atoms with van der Waals surface area (Å²) in [5.41, 5.74) is 3.48. The van der Waals surface area contributed by atoms with E-state index in [1.165, 1.54) is 0 Å². The van der Waals surface area contributed by atoms with Crippen LogP contribution in [0.15, 0.2) is 38.5 Å². The summed E-state index contributed by atoms with van der Waals surface area (Å²) in [6.07, 6.45) is 3.17. The number of halogens is 2. The van der Waals surface area contributed by atoms with Crippen LogP contribution < -0.4 is 5.32 Å². The number of carbonyl (C=O) groups excluding carboxylic acids is 1. The third-order valence-electron chi connectivity index (χ3n) is 4.60. The van der Waals surface area contributed by atoms with Gasteiger partial charge < -0.3 is 10.4 Å². The number of carbonyl (C=O) groups is 1. The molecule has 0 radical (unpaired) electrons. The topological polar surface area (TPSA) is 49.3 Å². The zero-order valence-corrected chi connectivity index (χ0v) is 14.7. The Hall–Kier alpha value is -1.27. The maximum atomic E-state index is 13.7. The van der Waals surface area contributed by atoms with E-state index >= 15 is 0 Å². The molecule has 2 heterocycles. The largest absolute Gasteiger partial charge is 0.508 e. The van der Waals surface area contributed by atoms with E-state index in [1.54, 1.807) is 17.8 Å². The highest BCUT2D eigenvalue weighted by atomic mass is 79.9. The zero-order chi connectivity index (χ0) is 16.1. The van der Waals surface area contributed by atoms with E-state index in [1.807, 2.05) is 0 Å². The number of benzene rings is 1. The number of hydrogen-bond donors (Lipinski definition) is 2. The third kappa shape index (κ3) is 2.43. The molecule has 1 atom stereocenters. The van der Waals surface area contributed by atoms with Gasteiger partial charge in [-0.2, -0.15) is 0 Å². The molecule has 2 aliphatic heterocycles. The summed E-state index contributed by atoms with van der Waals surface area (Å²) in [6.45, 7) is 0. The molecule has 120 valence electrons. The van der Waals surface area contributed by atoms with E-state index in [9.17, 15) is 14.3 Å². The molecule has 3 nitrogen and oxygen atoms in total. The number of hydrogen-bond acceptors (Lipinski definition) is 4. The Bertz CT molecular complexity index is 787. The SMILES string of the molecule is O=C1CCCC2=C1C(c1cc(Br)c(F)cc1O)C1=C(CCS1)N2. The number of nitrogens with one attached hydrogen (secondary N) is 1. The Balaban J connectivity index is 1.92. The van der Waals surface area contributed by atoms with Crippen LogP contribution in [-0.2, 0) is 4.79 Å². The van der Waals surface area contributed by atoms with Gasteiger partial charge in [-0.1, -0.05) is 0 Å². The molecule has 1 aliphatic carbocycles. The van der Waals surface area contributed by atoms with Crippen molar-refractivity contribution in [3.8, 4) is 5.75 Å². The Morgan fingerprint density at radius 3 is 2.91 bits per heavy atom. The van der Waals surface area contributed by atoms with Crippen molar-refractivity contribution in [3.05, 3.63) is 49.9 Å². The first-order valence-corrected chi connectivity index (χ1v) is 9.41. The quantitative estimate of drug-likeness (QED) is 0.742. The molecule has 3 aliphatic rings. The number of rotatable bonds is 1. The van der Waals surface area contributed by atoms with Crippen molar-refractivity contribution in [2.45, 2.75) is 31.6 Å². The van der Waals surface area contributed by atoms with Crippen LogP contribution in [0.4, 0.5) is 4.39 Å². The van der Waals surface area contributed by atoms with Gasteiger partial charge in [0.15, 0.2) is 5.78 Å². The number of dihydropyridines is 1. The fourth-order valence-electron chi connectivity index (χ4n) is 3.58. The van der Waals surface area contributed by atoms with Gasteiger partial charge in [0, 0.05) is 45.7 Å². The van der Waals surface area contributed by atoms with Gasteiger partial charge in [0.25, 0.3) is 0 Å². The van der Waals surface area contributed by atoms with Crippen molar-refractivity contribution < 1.29 is 14.3 Å². The van der Waals surface area contributed by atoms with Gasteiger partial charge >= 0.3 is 0 Å². The fourth-order valence-corrected chi connectivity index (χ4v) is 5.20. The van der Waals surface area contributed by atoms with Crippen LogP contribution in [0.3, 0.4) is 0 Å². The van der Waals surface area contributed by atoms with E-state index in [0.29, 0.717) is 16.5 Å². The van der Waals surface area contributed by atoms with Crippen molar-refractivity contribution in [2.24, 2.45) is 0 Å². The smallest absolute Gasteiger partial charge is 0.161 e. The monoisotopic (exact) mass is 395 g/mol. The first-order valence-electron chi connectivity index (χ1n) is 7.63. The predicted octanol–water partition coefficient (Wildman–Crippen LogP) is 4.34. The molecule has 0 amide bonds. The van der Waals surface area contributed by atoms with Crippen molar-refractivity contribution in [1.29, 1.82) is 0 Å². The average molecular weight is 396 g/mol. The molecule has 0 bridgehead atoms. The molecule has 0 aromatic heterocycles. The minimum Gasteiger partial charge on any atom is -0.508 e. The summed E-state index contributed by atoms with van der Waals surface area (Å²) in [6, 6.07) is 2.73. The third-order valence-corrected chi connectivity index (χ3v) is 6.41. The summed E-state index contributed by atoms with van der Waals surface area (Å²) in [4.78, 5) is 13.7. The van der Waals surface area contributed by atoms with Crippen LogP contribution in [0, 0.1) is 5.82 Å². The summed E-state index contributed by atoms with van der Waals surface area (Å²) < 4.78 is 14.0. The zero-order valence-electron chi connectivity index (χ0n) is 12.3. The molecule has 0 saturated carbocycles. The predicted molar refractivity (Wildman–Crippen MR) is 91.6 cm³/mol. The lowest BCUT2D eigenvalue weighted by molar-refractivity contribution is -0.116. The average Bonchev–Trinajstić information content (AvgIpc) is 2.97. The Morgan fingerprint density at radius 1 is 1.26 bits per heavy atom. The van der Waals surface area contributed by atoms with Crippen LogP contribution in [0.5, 0.6) is 5.75 Å². The first-order chi connectivity index (χ1) is 11.1. The van der Waals surface area contributed by atoms with Gasteiger partial charge in [-0.3, -0.25) is 4.79 Å².